The fourth-order valence-electron chi connectivity index (χ4n) is 8.83. The van der Waals surface area contributed by atoms with Crippen LogP contribution in [0.5, 0.6) is 0 Å². The van der Waals surface area contributed by atoms with Gasteiger partial charge in [0.25, 0.3) is 0 Å². The van der Waals surface area contributed by atoms with Crippen LogP contribution < -0.4 is 0 Å². The molecule has 0 spiro atoms. The van der Waals surface area contributed by atoms with Gasteiger partial charge in [0.1, 0.15) is 16.9 Å². The van der Waals surface area contributed by atoms with Crippen LogP contribution in [0.4, 0.5) is 0 Å². The van der Waals surface area contributed by atoms with E-state index in [9.17, 15) is 0 Å². The summed E-state index contributed by atoms with van der Waals surface area (Å²) in [6, 6.07) is 76.1. The minimum absolute atomic E-state index is 0.648. The van der Waals surface area contributed by atoms with E-state index < -0.39 is 0 Å². The fraction of sp³-hybridized carbons (Fsp3) is 0. The molecule has 0 unspecified atom stereocenters. The molecule has 290 valence electrons. The number of hydrogen-bond donors (Lipinski definition) is 0. The molecule has 62 heavy (non-hydrogen) atoms. The number of nitrogens with zero attached hydrogens (tertiary/aromatic N) is 4. The Hall–Kier alpha value is -8.41. The second-order valence-corrected chi connectivity index (χ2v) is 15.6. The Morgan fingerprint density at radius 1 is 0.355 bits per heavy atom. The molecular weight excluding hydrogens is 757 g/mol. The average Bonchev–Trinajstić information content (AvgIpc) is 3.94. The van der Waals surface area contributed by atoms with Crippen LogP contribution >= 0.6 is 0 Å². The highest BCUT2D eigenvalue weighted by molar-refractivity contribution is 6.09. The lowest BCUT2D eigenvalue weighted by atomic mass is 9.95. The molecule has 0 saturated carbocycles. The van der Waals surface area contributed by atoms with Crippen LogP contribution in [-0.4, -0.2) is 19.6 Å². The number of fused-ring (bicyclic) bond motifs is 6. The second-order valence-electron chi connectivity index (χ2n) is 15.6. The normalized spacial score (nSPS) is 11.5. The van der Waals surface area contributed by atoms with Crippen molar-refractivity contribution in [3.63, 3.8) is 0 Å². The predicted molar refractivity (Wildman–Crippen MR) is 254 cm³/mol. The van der Waals surface area contributed by atoms with Gasteiger partial charge in [0, 0.05) is 49.5 Å². The van der Waals surface area contributed by atoms with Crippen LogP contribution in [-0.2, 0) is 0 Å². The zero-order valence-electron chi connectivity index (χ0n) is 33.5. The molecule has 12 rings (SSSR count). The Balaban J connectivity index is 1.03. The zero-order valence-corrected chi connectivity index (χ0v) is 33.5. The maximum atomic E-state index is 6.26. The van der Waals surface area contributed by atoms with E-state index in [0.29, 0.717) is 5.82 Å². The summed E-state index contributed by atoms with van der Waals surface area (Å²) < 4.78 is 8.40. The summed E-state index contributed by atoms with van der Waals surface area (Å²) in [7, 11) is 0. The van der Waals surface area contributed by atoms with Gasteiger partial charge in [-0.3, -0.25) is 0 Å². The lowest BCUT2D eigenvalue weighted by Gasteiger charge is -2.12. The molecule has 8 aromatic carbocycles. The quantitative estimate of drug-likeness (QED) is 0.161. The average molecular weight is 793 g/mol. The molecule has 0 amide bonds. The van der Waals surface area contributed by atoms with Crippen LogP contribution in [0.1, 0.15) is 0 Å². The minimum atomic E-state index is 0.648. The van der Waals surface area contributed by atoms with Crippen molar-refractivity contribution in [3.05, 3.63) is 218 Å². The van der Waals surface area contributed by atoms with Gasteiger partial charge in [-0.15, -0.1) is 0 Å². The molecule has 0 atom stereocenters. The van der Waals surface area contributed by atoms with Gasteiger partial charge in [0.2, 0.25) is 0 Å². The molecule has 4 heterocycles. The van der Waals surface area contributed by atoms with E-state index in [1.165, 1.54) is 0 Å². The molecule has 0 aliphatic heterocycles. The lowest BCUT2D eigenvalue weighted by molar-refractivity contribution is 0.669. The Kier molecular flexibility index (Phi) is 8.42. The molecule has 0 aliphatic rings. The first-order valence-electron chi connectivity index (χ1n) is 20.8. The SMILES string of the molecule is c1ccc(-c2cc(-c3cccc(-c4nn5c(-c6ccccc6)cc6ccccc6c5c4-c4ccccc4)c3)nc(-c3cccc(-c4ccc5c(c4)oc4ccccc45)c3)n2)cc1. The summed E-state index contributed by atoms with van der Waals surface area (Å²) in [4.78, 5) is 10.5. The van der Waals surface area contributed by atoms with Crippen molar-refractivity contribution in [2.45, 2.75) is 0 Å². The Morgan fingerprint density at radius 3 is 1.71 bits per heavy atom. The van der Waals surface area contributed by atoms with Gasteiger partial charge < -0.3 is 4.42 Å². The molecule has 0 fully saturated rings. The molecule has 0 radical (unpaired) electrons. The van der Waals surface area contributed by atoms with E-state index in [4.69, 9.17) is 19.5 Å². The molecule has 12 aromatic rings. The summed E-state index contributed by atoms with van der Waals surface area (Å²) in [5.74, 6) is 0.648. The molecule has 4 aromatic heterocycles. The van der Waals surface area contributed by atoms with E-state index in [1.54, 1.807) is 0 Å². The summed E-state index contributed by atoms with van der Waals surface area (Å²) in [6.07, 6.45) is 0. The number of hydrogen-bond acceptors (Lipinski definition) is 4. The molecule has 5 nitrogen and oxygen atoms in total. The van der Waals surface area contributed by atoms with Crippen LogP contribution in [0.25, 0.3) is 117 Å². The third-order valence-corrected chi connectivity index (χ3v) is 11.8. The summed E-state index contributed by atoms with van der Waals surface area (Å²) in [6.45, 7) is 0. The smallest absolute Gasteiger partial charge is 0.160 e. The molecule has 5 heteroatoms. The molecule has 0 saturated heterocycles. The monoisotopic (exact) mass is 792 g/mol. The number of aromatic nitrogens is 4. The van der Waals surface area contributed by atoms with E-state index in [2.05, 4.69) is 187 Å². The zero-order chi connectivity index (χ0) is 41.0. The predicted octanol–water partition coefficient (Wildman–Crippen LogP) is 14.8. The maximum Gasteiger partial charge on any atom is 0.160 e. The summed E-state index contributed by atoms with van der Waals surface area (Å²) >= 11 is 0. The largest absolute Gasteiger partial charge is 0.456 e. The molecular formula is C57H36N4O. The molecule has 0 N–H and O–H groups in total. The number of rotatable bonds is 7. The van der Waals surface area contributed by atoms with Crippen LogP contribution in [0.15, 0.2) is 223 Å². The summed E-state index contributed by atoms with van der Waals surface area (Å²) in [5.41, 5.74) is 15.8. The van der Waals surface area contributed by atoms with E-state index >= 15 is 0 Å². The Bertz CT molecular complexity index is 3630. The third-order valence-electron chi connectivity index (χ3n) is 11.8. The highest BCUT2D eigenvalue weighted by atomic mass is 16.3. The molecule has 0 bridgehead atoms. The van der Waals surface area contributed by atoms with Crippen molar-refractivity contribution in [3.8, 4) is 78.7 Å². The van der Waals surface area contributed by atoms with Gasteiger partial charge in [0.05, 0.1) is 22.6 Å². The number of benzene rings is 8. The second kappa shape index (κ2) is 14.7. The standard InChI is InChI=1S/C57H36N4O/c1-4-16-37(17-5-1)49-36-50(59-57(58-49)45-26-14-23-40(32-45)41-30-31-48-47-28-12-13-29-52(47)62-53(48)35-41)43-24-15-25-44(33-43)55-54(39-20-8-3-9-21-39)56-46-27-11-10-22-42(46)34-51(61(56)60-55)38-18-6-2-7-19-38/h1-36H. The molecule has 0 aliphatic carbocycles. The van der Waals surface area contributed by atoms with Crippen LogP contribution in [0.3, 0.4) is 0 Å². The van der Waals surface area contributed by atoms with Gasteiger partial charge in [-0.05, 0) is 64.5 Å². The van der Waals surface area contributed by atoms with Gasteiger partial charge >= 0.3 is 0 Å². The first-order chi connectivity index (χ1) is 30.7. The first-order valence-corrected chi connectivity index (χ1v) is 20.8. The van der Waals surface area contributed by atoms with Gasteiger partial charge in [0.15, 0.2) is 5.82 Å². The van der Waals surface area contributed by atoms with E-state index in [-0.39, 0.29) is 0 Å². The number of para-hydroxylation sites is 1. The van der Waals surface area contributed by atoms with Crippen molar-refractivity contribution in [2.75, 3.05) is 0 Å². The van der Waals surface area contributed by atoms with E-state index in [0.717, 1.165) is 111 Å². The van der Waals surface area contributed by atoms with Gasteiger partial charge in [-0.1, -0.05) is 176 Å². The van der Waals surface area contributed by atoms with Gasteiger partial charge in [-0.25, -0.2) is 14.5 Å². The van der Waals surface area contributed by atoms with E-state index in [1.807, 2.05) is 36.4 Å². The first kappa shape index (κ1) is 35.5. The van der Waals surface area contributed by atoms with Crippen molar-refractivity contribution in [1.29, 1.82) is 0 Å². The number of pyridine rings is 1. The van der Waals surface area contributed by atoms with Crippen LogP contribution in [0, 0.1) is 0 Å². The summed E-state index contributed by atoms with van der Waals surface area (Å²) in [5, 5.41) is 10.0. The number of furan rings is 1. The fourth-order valence-corrected chi connectivity index (χ4v) is 8.83. The minimum Gasteiger partial charge on any atom is -0.456 e. The highest BCUT2D eigenvalue weighted by Crippen LogP contribution is 2.42. The van der Waals surface area contributed by atoms with Gasteiger partial charge in [-0.2, -0.15) is 5.10 Å². The van der Waals surface area contributed by atoms with Crippen molar-refractivity contribution in [2.24, 2.45) is 0 Å². The van der Waals surface area contributed by atoms with Crippen molar-refractivity contribution >= 4 is 38.2 Å². The van der Waals surface area contributed by atoms with Crippen molar-refractivity contribution < 1.29 is 4.42 Å². The van der Waals surface area contributed by atoms with Crippen molar-refractivity contribution in [1.82, 2.24) is 19.6 Å². The van der Waals surface area contributed by atoms with Crippen LogP contribution in [0.2, 0.25) is 0 Å². The highest BCUT2D eigenvalue weighted by Gasteiger charge is 2.22. The lowest BCUT2D eigenvalue weighted by Crippen LogP contribution is -1.96. The Morgan fingerprint density at radius 2 is 0.919 bits per heavy atom. The Labute approximate surface area is 357 Å². The third kappa shape index (κ3) is 6.14. The topological polar surface area (TPSA) is 56.2 Å². The maximum absolute atomic E-state index is 6.26.